The fourth-order valence-corrected chi connectivity index (χ4v) is 1.29. The van der Waals surface area contributed by atoms with Gasteiger partial charge in [0.2, 0.25) is 5.91 Å². The van der Waals surface area contributed by atoms with E-state index in [1.165, 1.54) is 0 Å². The molecule has 3 heteroatoms. The van der Waals surface area contributed by atoms with Crippen LogP contribution in [0.25, 0.3) is 0 Å². The van der Waals surface area contributed by atoms with Gasteiger partial charge in [0, 0.05) is 19.5 Å². The number of nitrogens with zero attached hydrogens (tertiary/aromatic N) is 2. The van der Waals surface area contributed by atoms with Gasteiger partial charge in [-0.1, -0.05) is 13.8 Å². The smallest absolute Gasteiger partial charge is 0.225 e. The van der Waals surface area contributed by atoms with Crippen molar-refractivity contribution >= 4 is 5.91 Å². The lowest BCUT2D eigenvalue weighted by atomic mass is 10.1. The third kappa shape index (κ3) is 5.22. The van der Waals surface area contributed by atoms with Crippen LogP contribution in [0.15, 0.2) is 0 Å². The minimum absolute atomic E-state index is 0.166. The summed E-state index contributed by atoms with van der Waals surface area (Å²) in [5.74, 6) is 0.436. The average molecular weight is 200 g/mol. The Kier molecular flexibility index (Phi) is 6.54. The van der Waals surface area contributed by atoms with Gasteiger partial charge in [-0.25, -0.2) is 0 Å². The highest BCUT2D eigenvalue weighted by molar-refractivity contribution is 5.78. The molecule has 0 aliphatic carbocycles. The van der Waals surface area contributed by atoms with Crippen molar-refractivity contribution in [1.82, 2.24) is 9.80 Å². The largest absolute Gasteiger partial charge is 0.345 e. The van der Waals surface area contributed by atoms with Gasteiger partial charge in [0.15, 0.2) is 0 Å². The molecule has 0 saturated carbocycles. The molecule has 0 aliphatic heterocycles. The van der Waals surface area contributed by atoms with Crippen LogP contribution in [-0.2, 0) is 4.79 Å². The van der Waals surface area contributed by atoms with Crippen LogP contribution in [0.5, 0.6) is 0 Å². The second-order valence-electron chi connectivity index (χ2n) is 4.23. The van der Waals surface area contributed by atoms with Crippen LogP contribution in [0.1, 0.15) is 26.7 Å². The Bertz CT molecular complexity index is 169. The zero-order chi connectivity index (χ0) is 11.1. The van der Waals surface area contributed by atoms with Gasteiger partial charge in [0.1, 0.15) is 0 Å². The molecule has 84 valence electrons. The van der Waals surface area contributed by atoms with Crippen molar-refractivity contribution in [1.29, 1.82) is 0 Å². The van der Waals surface area contributed by atoms with Crippen molar-refractivity contribution in [3.05, 3.63) is 0 Å². The van der Waals surface area contributed by atoms with Crippen molar-refractivity contribution in [3.8, 4) is 0 Å². The molecule has 1 unspecified atom stereocenters. The van der Waals surface area contributed by atoms with Gasteiger partial charge in [-0.15, -0.1) is 0 Å². The normalized spacial score (nSPS) is 13.0. The Labute approximate surface area is 88.1 Å². The Morgan fingerprint density at radius 2 is 1.79 bits per heavy atom. The lowest BCUT2D eigenvalue weighted by molar-refractivity contribution is -0.133. The van der Waals surface area contributed by atoms with Gasteiger partial charge >= 0.3 is 0 Å². The summed E-state index contributed by atoms with van der Waals surface area (Å²) >= 11 is 0. The van der Waals surface area contributed by atoms with Gasteiger partial charge in [-0.3, -0.25) is 4.79 Å². The molecule has 0 heterocycles. The minimum atomic E-state index is 0.166. The Morgan fingerprint density at radius 3 is 2.21 bits per heavy atom. The third-order valence-electron chi connectivity index (χ3n) is 2.51. The molecule has 0 aromatic heterocycles. The van der Waals surface area contributed by atoms with Crippen LogP contribution in [0.4, 0.5) is 0 Å². The van der Waals surface area contributed by atoms with E-state index in [4.69, 9.17) is 0 Å². The highest BCUT2D eigenvalue weighted by Crippen LogP contribution is 2.05. The first kappa shape index (κ1) is 13.4. The molecular formula is C11H24N2O. The van der Waals surface area contributed by atoms with Crippen molar-refractivity contribution in [2.45, 2.75) is 26.7 Å². The summed E-state index contributed by atoms with van der Waals surface area (Å²) in [7, 11) is 6.00. The van der Waals surface area contributed by atoms with Crippen molar-refractivity contribution < 1.29 is 4.79 Å². The lowest BCUT2D eigenvalue weighted by Crippen LogP contribution is -2.33. The molecule has 0 fully saturated rings. The number of carbonyl (C=O) groups is 1. The highest BCUT2D eigenvalue weighted by atomic mass is 16.2. The quantitative estimate of drug-likeness (QED) is 0.648. The van der Waals surface area contributed by atoms with E-state index in [2.05, 4.69) is 25.9 Å². The fraction of sp³-hybridized carbons (Fsp3) is 0.909. The summed E-state index contributed by atoms with van der Waals surface area (Å²) in [5, 5.41) is 0. The van der Waals surface area contributed by atoms with Crippen LogP contribution in [0.2, 0.25) is 0 Å². The molecule has 0 bridgehead atoms. The number of carbonyl (C=O) groups excluding carboxylic acids is 1. The van der Waals surface area contributed by atoms with E-state index in [0.717, 1.165) is 25.9 Å². The van der Waals surface area contributed by atoms with Crippen LogP contribution >= 0.6 is 0 Å². The van der Waals surface area contributed by atoms with Gasteiger partial charge < -0.3 is 9.80 Å². The summed E-state index contributed by atoms with van der Waals surface area (Å²) in [4.78, 5) is 15.6. The van der Waals surface area contributed by atoms with Crippen LogP contribution < -0.4 is 0 Å². The Hall–Kier alpha value is -0.570. The molecule has 14 heavy (non-hydrogen) atoms. The highest BCUT2D eigenvalue weighted by Gasteiger charge is 2.14. The third-order valence-corrected chi connectivity index (χ3v) is 2.51. The van der Waals surface area contributed by atoms with Crippen molar-refractivity contribution in [3.63, 3.8) is 0 Å². The van der Waals surface area contributed by atoms with E-state index in [1.54, 1.807) is 0 Å². The summed E-state index contributed by atoms with van der Waals surface area (Å²) in [6, 6.07) is 0. The number of hydrogen-bond acceptors (Lipinski definition) is 2. The van der Waals surface area contributed by atoms with Gasteiger partial charge in [0.25, 0.3) is 0 Å². The van der Waals surface area contributed by atoms with E-state index >= 15 is 0 Å². The van der Waals surface area contributed by atoms with E-state index in [9.17, 15) is 4.79 Å². The molecule has 0 rings (SSSR count). The molecular weight excluding hydrogens is 176 g/mol. The standard InChI is InChI=1S/C11H24N2O/c1-6-10(2)11(14)13(5)9-7-8-12(3)4/h10H,6-9H2,1-5H3. The number of amides is 1. The first-order valence-corrected chi connectivity index (χ1v) is 5.38. The minimum Gasteiger partial charge on any atom is -0.345 e. The topological polar surface area (TPSA) is 23.6 Å². The molecule has 0 aliphatic rings. The summed E-state index contributed by atoms with van der Waals surface area (Å²) < 4.78 is 0. The van der Waals surface area contributed by atoms with Crippen LogP contribution in [-0.4, -0.2) is 49.9 Å². The Balaban J connectivity index is 3.73. The molecule has 0 aromatic carbocycles. The first-order chi connectivity index (χ1) is 6.49. The molecule has 0 aromatic rings. The maximum atomic E-state index is 11.7. The van der Waals surface area contributed by atoms with Crippen molar-refractivity contribution in [2.75, 3.05) is 34.2 Å². The summed E-state index contributed by atoms with van der Waals surface area (Å²) in [5.41, 5.74) is 0. The summed E-state index contributed by atoms with van der Waals surface area (Å²) in [6.07, 6.45) is 1.97. The molecule has 0 N–H and O–H groups in total. The lowest BCUT2D eigenvalue weighted by Gasteiger charge is -2.21. The predicted molar refractivity (Wildman–Crippen MR) is 60.3 cm³/mol. The fourth-order valence-electron chi connectivity index (χ4n) is 1.29. The second kappa shape index (κ2) is 6.82. The molecule has 0 saturated heterocycles. The van der Waals surface area contributed by atoms with E-state index in [1.807, 2.05) is 18.9 Å². The van der Waals surface area contributed by atoms with E-state index in [-0.39, 0.29) is 11.8 Å². The summed E-state index contributed by atoms with van der Waals surface area (Å²) in [6.45, 7) is 5.94. The Morgan fingerprint density at radius 1 is 1.21 bits per heavy atom. The zero-order valence-electron chi connectivity index (χ0n) is 10.2. The van der Waals surface area contributed by atoms with Gasteiger partial charge in [-0.2, -0.15) is 0 Å². The number of rotatable bonds is 6. The molecule has 0 spiro atoms. The first-order valence-electron chi connectivity index (χ1n) is 5.38. The predicted octanol–water partition coefficient (Wildman–Crippen LogP) is 1.44. The monoisotopic (exact) mass is 200 g/mol. The molecule has 1 amide bonds. The maximum Gasteiger partial charge on any atom is 0.225 e. The maximum absolute atomic E-state index is 11.7. The van der Waals surface area contributed by atoms with Crippen molar-refractivity contribution in [2.24, 2.45) is 5.92 Å². The molecule has 3 nitrogen and oxygen atoms in total. The van der Waals surface area contributed by atoms with E-state index < -0.39 is 0 Å². The second-order valence-corrected chi connectivity index (χ2v) is 4.23. The number of hydrogen-bond donors (Lipinski definition) is 0. The molecule has 1 atom stereocenters. The molecule has 0 radical (unpaired) electrons. The van der Waals surface area contributed by atoms with Gasteiger partial charge in [-0.05, 0) is 33.5 Å². The van der Waals surface area contributed by atoms with Crippen LogP contribution in [0.3, 0.4) is 0 Å². The SMILES string of the molecule is CCC(C)C(=O)N(C)CCCN(C)C. The van der Waals surface area contributed by atoms with Gasteiger partial charge in [0.05, 0.1) is 0 Å². The van der Waals surface area contributed by atoms with E-state index in [0.29, 0.717) is 0 Å². The van der Waals surface area contributed by atoms with Crippen LogP contribution in [0, 0.1) is 5.92 Å². The average Bonchev–Trinajstić information content (AvgIpc) is 2.14. The zero-order valence-corrected chi connectivity index (χ0v) is 10.2.